The number of nitrogens with one attached hydrogen (secondary N) is 1. The minimum absolute atomic E-state index is 0.132. The lowest BCUT2D eigenvalue weighted by molar-refractivity contribution is -0.137. The molecule has 0 saturated heterocycles. The van der Waals surface area contributed by atoms with Crippen molar-refractivity contribution in [2.24, 2.45) is 5.92 Å². The van der Waals surface area contributed by atoms with Crippen LogP contribution in [-0.2, 0) is 6.18 Å². The van der Waals surface area contributed by atoms with Crippen molar-refractivity contribution in [2.75, 3.05) is 0 Å². The molecule has 0 saturated carbocycles. The fourth-order valence-electron chi connectivity index (χ4n) is 2.20. The van der Waals surface area contributed by atoms with E-state index >= 15 is 0 Å². The maximum Gasteiger partial charge on any atom is 0.416 e. The second-order valence-corrected chi connectivity index (χ2v) is 5.89. The highest BCUT2D eigenvalue weighted by molar-refractivity contribution is 5.94. The molecule has 24 heavy (non-hydrogen) atoms. The van der Waals surface area contributed by atoms with Crippen LogP contribution < -0.4 is 5.32 Å². The van der Waals surface area contributed by atoms with Crippen LogP contribution in [0, 0.1) is 12.8 Å². The minimum Gasteiger partial charge on any atom is -0.423 e. The Morgan fingerprint density at radius 3 is 2.29 bits per heavy atom. The molecule has 1 atom stereocenters. The van der Waals surface area contributed by atoms with Crippen molar-refractivity contribution in [3.63, 3.8) is 0 Å². The van der Waals surface area contributed by atoms with Gasteiger partial charge in [-0.05, 0) is 36.6 Å². The van der Waals surface area contributed by atoms with Crippen LogP contribution in [0.1, 0.15) is 54.0 Å². The number of hydrogen-bond acceptors (Lipinski definition) is 4. The Balaban J connectivity index is 2.15. The second-order valence-electron chi connectivity index (χ2n) is 5.89. The summed E-state index contributed by atoms with van der Waals surface area (Å²) in [6, 6.07) is 3.54. The van der Waals surface area contributed by atoms with E-state index < -0.39 is 23.7 Å². The molecule has 1 amide bonds. The molecule has 0 aliphatic carbocycles. The Morgan fingerprint density at radius 2 is 1.83 bits per heavy atom. The van der Waals surface area contributed by atoms with Gasteiger partial charge in [0.15, 0.2) is 0 Å². The van der Waals surface area contributed by atoms with E-state index in [1.807, 2.05) is 13.8 Å². The Kier molecular flexibility index (Phi) is 5.26. The third kappa shape index (κ3) is 4.56. The number of carbonyl (C=O) groups is 1. The van der Waals surface area contributed by atoms with E-state index in [1.54, 1.807) is 6.92 Å². The molecule has 0 aliphatic rings. The van der Waals surface area contributed by atoms with E-state index in [0.717, 1.165) is 24.3 Å². The first-order valence-corrected chi connectivity index (χ1v) is 7.45. The minimum atomic E-state index is -4.43. The third-order valence-corrected chi connectivity index (χ3v) is 3.33. The zero-order valence-corrected chi connectivity index (χ0v) is 13.5. The maximum atomic E-state index is 12.6. The molecule has 8 heteroatoms. The van der Waals surface area contributed by atoms with Crippen LogP contribution in [0.25, 0.3) is 0 Å². The lowest BCUT2D eigenvalue weighted by atomic mass is 10.0. The lowest BCUT2D eigenvalue weighted by Crippen LogP contribution is -2.29. The number of aromatic nitrogens is 2. The maximum absolute atomic E-state index is 12.6. The molecule has 1 aromatic heterocycles. The van der Waals surface area contributed by atoms with Gasteiger partial charge in [0, 0.05) is 12.5 Å². The largest absolute Gasteiger partial charge is 0.423 e. The van der Waals surface area contributed by atoms with Gasteiger partial charge < -0.3 is 9.73 Å². The van der Waals surface area contributed by atoms with E-state index in [4.69, 9.17) is 4.42 Å². The Hall–Kier alpha value is -2.38. The van der Waals surface area contributed by atoms with Crippen molar-refractivity contribution in [1.82, 2.24) is 15.5 Å². The molecule has 0 fully saturated rings. The first-order valence-electron chi connectivity index (χ1n) is 7.45. The highest BCUT2D eigenvalue weighted by Crippen LogP contribution is 2.29. The van der Waals surface area contributed by atoms with Gasteiger partial charge in [-0.15, -0.1) is 10.2 Å². The summed E-state index contributed by atoms with van der Waals surface area (Å²) in [4.78, 5) is 12.3. The summed E-state index contributed by atoms with van der Waals surface area (Å²) in [5, 5.41) is 10.4. The average molecular weight is 341 g/mol. The molecule has 130 valence electrons. The summed E-state index contributed by atoms with van der Waals surface area (Å²) < 4.78 is 43.1. The number of carbonyl (C=O) groups excluding carboxylic acids is 1. The van der Waals surface area contributed by atoms with Gasteiger partial charge in [0.05, 0.1) is 5.56 Å². The smallest absolute Gasteiger partial charge is 0.416 e. The van der Waals surface area contributed by atoms with Crippen LogP contribution in [-0.4, -0.2) is 16.1 Å². The first kappa shape index (κ1) is 18.0. The quantitative estimate of drug-likeness (QED) is 0.895. The molecular weight excluding hydrogens is 323 g/mol. The van der Waals surface area contributed by atoms with Gasteiger partial charge >= 0.3 is 6.18 Å². The normalized spacial score (nSPS) is 13.1. The molecule has 1 aromatic carbocycles. The van der Waals surface area contributed by atoms with Crippen LogP contribution in [0.15, 0.2) is 28.7 Å². The van der Waals surface area contributed by atoms with E-state index in [9.17, 15) is 18.0 Å². The lowest BCUT2D eigenvalue weighted by Gasteiger charge is -2.17. The number of nitrogens with zero attached hydrogens (tertiary/aromatic N) is 2. The summed E-state index contributed by atoms with van der Waals surface area (Å²) in [7, 11) is 0. The van der Waals surface area contributed by atoms with Crippen molar-refractivity contribution in [3.8, 4) is 0 Å². The van der Waals surface area contributed by atoms with Gasteiger partial charge in [0.2, 0.25) is 11.8 Å². The van der Waals surface area contributed by atoms with Crippen LogP contribution >= 0.6 is 0 Å². The molecule has 0 spiro atoms. The fraction of sp³-hybridized carbons (Fsp3) is 0.438. The van der Waals surface area contributed by atoms with Crippen molar-refractivity contribution in [2.45, 2.75) is 39.4 Å². The van der Waals surface area contributed by atoms with Crippen LogP contribution in [0.5, 0.6) is 0 Å². The van der Waals surface area contributed by atoms with E-state index in [2.05, 4.69) is 15.5 Å². The molecule has 2 rings (SSSR count). The summed E-state index contributed by atoms with van der Waals surface area (Å²) in [6.45, 7) is 5.58. The fourth-order valence-corrected chi connectivity index (χ4v) is 2.20. The third-order valence-electron chi connectivity index (χ3n) is 3.33. The van der Waals surface area contributed by atoms with Gasteiger partial charge in [-0.25, -0.2) is 0 Å². The summed E-state index contributed by atoms with van der Waals surface area (Å²) in [5.41, 5.74) is -0.668. The van der Waals surface area contributed by atoms with Gasteiger partial charge in [0.1, 0.15) is 6.04 Å². The van der Waals surface area contributed by atoms with Gasteiger partial charge in [-0.1, -0.05) is 13.8 Å². The molecule has 1 heterocycles. The van der Waals surface area contributed by atoms with Gasteiger partial charge in [0.25, 0.3) is 5.91 Å². The predicted molar refractivity (Wildman–Crippen MR) is 80.1 cm³/mol. The topological polar surface area (TPSA) is 68.0 Å². The predicted octanol–water partition coefficient (Wildman–Crippen LogP) is 3.91. The summed E-state index contributed by atoms with van der Waals surface area (Å²) in [6.07, 6.45) is -3.87. The Morgan fingerprint density at radius 1 is 1.21 bits per heavy atom. The molecule has 0 radical (unpaired) electrons. The number of alkyl halides is 3. The molecule has 1 N–H and O–H groups in total. The van der Waals surface area contributed by atoms with E-state index in [0.29, 0.717) is 12.3 Å². The Labute approximate surface area is 137 Å². The van der Waals surface area contributed by atoms with E-state index in [-0.39, 0.29) is 17.4 Å². The van der Waals surface area contributed by atoms with Gasteiger partial charge in [-0.3, -0.25) is 4.79 Å². The van der Waals surface area contributed by atoms with Crippen LogP contribution in [0.2, 0.25) is 0 Å². The number of aryl methyl sites for hydroxylation is 1. The zero-order valence-electron chi connectivity index (χ0n) is 13.5. The highest BCUT2D eigenvalue weighted by atomic mass is 19.4. The van der Waals surface area contributed by atoms with Crippen molar-refractivity contribution in [3.05, 3.63) is 47.2 Å². The summed E-state index contributed by atoms with van der Waals surface area (Å²) >= 11 is 0. The number of benzene rings is 1. The van der Waals surface area contributed by atoms with E-state index in [1.165, 1.54) is 0 Å². The monoisotopic (exact) mass is 341 g/mol. The summed E-state index contributed by atoms with van der Waals surface area (Å²) in [5.74, 6) is 0.407. The standard InChI is InChI=1S/C16H18F3N3O2/c1-9(2)8-13(15-22-21-10(3)24-15)20-14(23)11-4-6-12(7-5-11)16(17,18)19/h4-7,9,13H,8H2,1-3H3,(H,20,23). The SMILES string of the molecule is Cc1nnc(C(CC(C)C)NC(=O)c2ccc(C(F)(F)F)cc2)o1. The second kappa shape index (κ2) is 7.02. The molecule has 1 unspecified atom stereocenters. The van der Waals surface area contributed by atoms with Gasteiger partial charge in [-0.2, -0.15) is 13.2 Å². The van der Waals surface area contributed by atoms with Crippen molar-refractivity contribution >= 4 is 5.91 Å². The van der Waals surface area contributed by atoms with Crippen molar-refractivity contribution < 1.29 is 22.4 Å². The molecule has 5 nitrogen and oxygen atoms in total. The van der Waals surface area contributed by atoms with Crippen LogP contribution in [0.4, 0.5) is 13.2 Å². The first-order chi connectivity index (χ1) is 11.2. The highest BCUT2D eigenvalue weighted by Gasteiger charge is 2.30. The number of rotatable bonds is 5. The number of amides is 1. The number of hydrogen-bond donors (Lipinski definition) is 1. The molecule has 0 bridgehead atoms. The van der Waals surface area contributed by atoms with Crippen molar-refractivity contribution in [1.29, 1.82) is 0 Å². The average Bonchev–Trinajstić information content (AvgIpc) is 2.92. The molecular formula is C16H18F3N3O2. The van der Waals surface area contributed by atoms with Crippen LogP contribution in [0.3, 0.4) is 0 Å². The molecule has 2 aromatic rings. The number of halogens is 3. The molecule has 0 aliphatic heterocycles. The zero-order chi connectivity index (χ0) is 17.9. The Bertz CT molecular complexity index is 693.